The van der Waals surface area contributed by atoms with Gasteiger partial charge in [-0.1, -0.05) is 0 Å². The number of carboxylic acid groups (broad SMARTS) is 1. The smallest absolute Gasteiger partial charge is 0.309 e. The minimum absolute atomic E-state index is 0.0777. The van der Waals surface area contributed by atoms with Gasteiger partial charge in [0.1, 0.15) is 0 Å². The van der Waals surface area contributed by atoms with Crippen LogP contribution in [0.3, 0.4) is 0 Å². The molecule has 2 rings (SSSR count). The van der Waals surface area contributed by atoms with E-state index in [1.807, 2.05) is 0 Å². The number of fused-ring (bicyclic) bond motifs is 1. The highest BCUT2D eigenvalue weighted by atomic mass is 19.3. The van der Waals surface area contributed by atoms with Crippen molar-refractivity contribution in [1.82, 2.24) is 0 Å². The maximum atomic E-state index is 13.0. The van der Waals surface area contributed by atoms with Gasteiger partial charge in [0.05, 0.1) is 5.41 Å². The monoisotopic (exact) mass is 204 g/mol. The molecule has 14 heavy (non-hydrogen) atoms. The van der Waals surface area contributed by atoms with E-state index in [-0.39, 0.29) is 24.7 Å². The molecular formula is C10H14F2O2. The summed E-state index contributed by atoms with van der Waals surface area (Å²) in [7, 11) is 0. The quantitative estimate of drug-likeness (QED) is 0.712. The van der Waals surface area contributed by atoms with Gasteiger partial charge in [-0.05, 0) is 31.6 Å². The maximum absolute atomic E-state index is 13.0. The second-order valence-electron chi connectivity index (χ2n) is 5.06. The standard InChI is InChI=1S/C10H14F2O2/c1-9(8(13)14)2-6-4-10(11,12)5-7(6)3-9/h6-7H,2-5H2,1H3,(H,13,14)/t6-,7?,9?/m0/s1. The Balaban J connectivity index is 2.10. The predicted molar refractivity (Wildman–Crippen MR) is 46.1 cm³/mol. The van der Waals surface area contributed by atoms with Crippen molar-refractivity contribution in [3.05, 3.63) is 0 Å². The van der Waals surface area contributed by atoms with Crippen molar-refractivity contribution >= 4 is 5.97 Å². The Kier molecular flexibility index (Phi) is 1.88. The van der Waals surface area contributed by atoms with Gasteiger partial charge in [0.2, 0.25) is 5.92 Å². The van der Waals surface area contributed by atoms with E-state index >= 15 is 0 Å². The maximum Gasteiger partial charge on any atom is 0.309 e. The number of hydrogen-bond donors (Lipinski definition) is 1. The highest BCUT2D eigenvalue weighted by Gasteiger charge is 2.56. The van der Waals surface area contributed by atoms with Crippen LogP contribution in [0.2, 0.25) is 0 Å². The third-order valence-corrected chi connectivity index (χ3v) is 3.73. The molecule has 2 saturated carbocycles. The summed E-state index contributed by atoms with van der Waals surface area (Å²) < 4.78 is 25.9. The van der Waals surface area contributed by atoms with Crippen LogP contribution in [0.1, 0.15) is 32.6 Å². The summed E-state index contributed by atoms with van der Waals surface area (Å²) in [6.45, 7) is 1.67. The lowest BCUT2D eigenvalue weighted by Crippen LogP contribution is -2.26. The van der Waals surface area contributed by atoms with Gasteiger partial charge >= 0.3 is 5.97 Å². The number of hydrogen-bond acceptors (Lipinski definition) is 1. The van der Waals surface area contributed by atoms with Gasteiger partial charge in [-0.25, -0.2) is 8.78 Å². The van der Waals surface area contributed by atoms with Crippen LogP contribution >= 0.6 is 0 Å². The fraction of sp³-hybridized carbons (Fsp3) is 0.900. The molecule has 0 bridgehead atoms. The van der Waals surface area contributed by atoms with E-state index in [9.17, 15) is 13.6 Å². The summed E-state index contributed by atoms with van der Waals surface area (Å²) in [5, 5.41) is 8.97. The van der Waals surface area contributed by atoms with Crippen LogP contribution < -0.4 is 0 Å². The summed E-state index contributed by atoms with van der Waals surface area (Å²) in [5.41, 5.74) is -0.758. The van der Waals surface area contributed by atoms with Crippen LogP contribution in [0.25, 0.3) is 0 Å². The minimum Gasteiger partial charge on any atom is -0.481 e. The Bertz CT molecular complexity index is 259. The zero-order valence-electron chi connectivity index (χ0n) is 8.09. The van der Waals surface area contributed by atoms with Crippen molar-refractivity contribution in [2.45, 2.75) is 38.5 Å². The van der Waals surface area contributed by atoms with Gasteiger partial charge in [0, 0.05) is 12.8 Å². The molecule has 2 nitrogen and oxygen atoms in total. The molecule has 0 aromatic rings. The Morgan fingerprint density at radius 3 is 2.00 bits per heavy atom. The van der Waals surface area contributed by atoms with Crippen molar-refractivity contribution < 1.29 is 18.7 Å². The first kappa shape index (κ1) is 9.87. The molecular weight excluding hydrogens is 190 g/mol. The van der Waals surface area contributed by atoms with Crippen LogP contribution in [0.5, 0.6) is 0 Å². The molecule has 2 aliphatic carbocycles. The lowest BCUT2D eigenvalue weighted by Gasteiger charge is -2.20. The Morgan fingerprint density at radius 1 is 1.21 bits per heavy atom. The molecule has 0 radical (unpaired) electrons. The lowest BCUT2D eigenvalue weighted by atomic mass is 9.86. The fourth-order valence-corrected chi connectivity index (χ4v) is 3.08. The average molecular weight is 204 g/mol. The Labute approximate surface area is 81.3 Å². The first-order chi connectivity index (χ1) is 6.32. The van der Waals surface area contributed by atoms with E-state index < -0.39 is 17.3 Å². The molecule has 0 aromatic heterocycles. The van der Waals surface area contributed by atoms with Crippen molar-refractivity contribution in [3.63, 3.8) is 0 Å². The number of aliphatic carboxylic acids is 1. The molecule has 80 valence electrons. The molecule has 0 amide bonds. The van der Waals surface area contributed by atoms with Crippen molar-refractivity contribution in [2.75, 3.05) is 0 Å². The van der Waals surface area contributed by atoms with Crippen LogP contribution in [-0.2, 0) is 4.79 Å². The number of carbonyl (C=O) groups is 1. The van der Waals surface area contributed by atoms with Gasteiger partial charge in [-0.15, -0.1) is 0 Å². The first-order valence-electron chi connectivity index (χ1n) is 4.94. The van der Waals surface area contributed by atoms with E-state index in [1.54, 1.807) is 6.92 Å². The molecule has 2 aliphatic rings. The minimum atomic E-state index is -2.55. The molecule has 2 fully saturated rings. The number of carboxylic acids is 1. The normalized spacial score (nSPS) is 45.1. The van der Waals surface area contributed by atoms with E-state index in [2.05, 4.69) is 0 Å². The molecule has 0 saturated heterocycles. The van der Waals surface area contributed by atoms with Gasteiger partial charge in [0.15, 0.2) is 0 Å². The van der Waals surface area contributed by atoms with E-state index in [4.69, 9.17) is 5.11 Å². The van der Waals surface area contributed by atoms with Crippen LogP contribution in [0.15, 0.2) is 0 Å². The van der Waals surface area contributed by atoms with Gasteiger partial charge in [-0.2, -0.15) is 0 Å². The van der Waals surface area contributed by atoms with Crippen LogP contribution in [0, 0.1) is 17.3 Å². The zero-order chi connectivity index (χ0) is 10.6. The predicted octanol–water partition coefficient (Wildman–Crippen LogP) is 2.53. The second-order valence-corrected chi connectivity index (χ2v) is 5.06. The van der Waals surface area contributed by atoms with Crippen molar-refractivity contribution in [1.29, 1.82) is 0 Å². The fourth-order valence-electron chi connectivity index (χ4n) is 3.08. The first-order valence-corrected chi connectivity index (χ1v) is 4.94. The van der Waals surface area contributed by atoms with Crippen molar-refractivity contribution in [2.24, 2.45) is 17.3 Å². The summed E-state index contributed by atoms with van der Waals surface area (Å²) in [6, 6.07) is 0. The molecule has 4 heteroatoms. The highest BCUT2D eigenvalue weighted by Crippen LogP contribution is 2.57. The summed E-state index contributed by atoms with van der Waals surface area (Å²) >= 11 is 0. The SMILES string of the molecule is CC1(C(=O)O)CC2CC(F)(F)C[C@@H]2C1. The molecule has 0 aliphatic heterocycles. The van der Waals surface area contributed by atoms with Gasteiger partial charge in [0.25, 0.3) is 0 Å². The largest absolute Gasteiger partial charge is 0.481 e. The zero-order valence-corrected chi connectivity index (χ0v) is 8.09. The van der Waals surface area contributed by atoms with Gasteiger partial charge < -0.3 is 5.11 Å². The molecule has 1 N–H and O–H groups in total. The average Bonchev–Trinajstić information content (AvgIpc) is 2.37. The lowest BCUT2D eigenvalue weighted by molar-refractivity contribution is -0.148. The molecule has 3 atom stereocenters. The Morgan fingerprint density at radius 2 is 1.64 bits per heavy atom. The third kappa shape index (κ3) is 1.41. The second kappa shape index (κ2) is 2.67. The molecule has 0 spiro atoms. The van der Waals surface area contributed by atoms with Crippen molar-refractivity contribution in [3.8, 4) is 0 Å². The number of alkyl halides is 2. The third-order valence-electron chi connectivity index (χ3n) is 3.73. The molecule has 0 aromatic carbocycles. The Hall–Kier alpha value is -0.670. The summed E-state index contributed by atoms with van der Waals surface area (Å²) in [5.74, 6) is -3.54. The van der Waals surface area contributed by atoms with E-state index in [1.165, 1.54) is 0 Å². The topological polar surface area (TPSA) is 37.3 Å². The van der Waals surface area contributed by atoms with Crippen LogP contribution in [-0.4, -0.2) is 17.0 Å². The van der Waals surface area contributed by atoms with E-state index in [0.29, 0.717) is 12.8 Å². The van der Waals surface area contributed by atoms with E-state index in [0.717, 1.165) is 0 Å². The van der Waals surface area contributed by atoms with Crippen LogP contribution in [0.4, 0.5) is 8.78 Å². The van der Waals surface area contributed by atoms with Gasteiger partial charge in [-0.3, -0.25) is 4.79 Å². The molecule has 0 heterocycles. The summed E-state index contributed by atoms with van der Waals surface area (Å²) in [4.78, 5) is 10.9. The number of rotatable bonds is 1. The highest BCUT2D eigenvalue weighted by molar-refractivity contribution is 5.74. The summed E-state index contributed by atoms with van der Waals surface area (Å²) in [6.07, 6.45) is 0.617. The molecule has 2 unspecified atom stereocenters. The number of halogens is 2.